The van der Waals surface area contributed by atoms with Gasteiger partial charge in [0.15, 0.2) is 0 Å². The maximum atomic E-state index is 5.23. The lowest BCUT2D eigenvalue weighted by Crippen LogP contribution is -1.91. The van der Waals surface area contributed by atoms with Gasteiger partial charge in [0.25, 0.3) is 0 Å². The zero-order valence-corrected chi connectivity index (χ0v) is 10.9. The number of hydrogen-bond acceptors (Lipinski definition) is 3. The van der Waals surface area contributed by atoms with Crippen LogP contribution >= 0.6 is 15.9 Å². The normalized spacial score (nSPS) is 10.9. The van der Waals surface area contributed by atoms with Crippen LogP contribution in [0.15, 0.2) is 40.1 Å². The topological polar surface area (TPSA) is 50.3 Å². The molecule has 1 N–H and O–H groups in total. The summed E-state index contributed by atoms with van der Waals surface area (Å²) in [5.41, 5.74) is 3.12. The van der Waals surface area contributed by atoms with E-state index < -0.39 is 0 Å². The first kappa shape index (κ1) is 11.9. The van der Waals surface area contributed by atoms with E-state index >= 15 is 0 Å². The summed E-state index contributed by atoms with van der Waals surface area (Å²) >= 11 is 3.33. The second kappa shape index (κ2) is 5.63. The average Bonchev–Trinajstić information content (AvgIpc) is 2.73. The van der Waals surface area contributed by atoms with Crippen LogP contribution in [0.4, 0.5) is 0 Å². The first-order valence-corrected chi connectivity index (χ1v) is 5.95. The molecule has 0 aliphatic rings. The summed E-state index contributed by atoms with van der Waals surface area (Å²) < 4.78 is 0.862. The Morgan fingerprint density at radius 2 is 2.29 bits per heavy atom. The molecule has 2 aromatic rings. The minimum absolute atomic E-state index is 0.467. The van der Waals surface area contributed by atoms with Crippen LogP contribution in [-0.4, -0.2) is 16.4 Å². The van der Waals surface area contributed by atoms with Crippen molar-refractivity contribution >= 4 is 22.1 Å². The van der Waals surface area contributed by atoms with Gasteiger partial charge in [-0.2, -0.15) is 5.10 Å². The Hall–Kier alpha value is -1.62. The van der Waals surface area contributed by atoms with Gasteiger partial charge in [-0.15, -0.1) is 0 Å². The van der Waals surface area contributed by atoms with Crippen molar-refractivity contribution in [3.8, 4) is 0 Å². The highest BCUT2D eigenvalue weighted by Gasteiger charge is 1.98. The number of aromatic nitrogens is 2. The van der Waals surface area contributed by atoms with Crippen molar-refractivity contribution in [1.29, 1.82) is 0 Å². The minimum atomic E-state index is 0.467. The van der Waals surface area contributed by atoms with Gasteiger partial charge in [-0.25, -0.2) is 0 Å². The Morgan fingerprint density at radius 3 is 3.00 bits per heavy atom. The number of aromatic amines is 1. The monoisotopic (exact) mass is 293 g/mol. The van der Waals surface area contributed by atoms with E-state index in [1.165, 1.54) is 5.56 Å². The zero-order chi connectivity index (χ0) is 12.1. The number of nitrogens with zero attached hydrogens (tertiary/aromatic N) is 2. The van der Waals surface area contributed by atoms with Gasteiger partial charge in [0.1, 0.15) is 6.61 Å². The number of hydrogen-bond donors (Lipinski definition) is 1. The number of nitrogens with one attached hydrogen (secondary N) is 1. The van der Waals surface area contributed by atoms with Gasteiger partial charge in [-0.3, -0.25) is 5.10 Å². The number of oxime groups is 1. The molecule has 0 fully saturated rings. The van der Waals surface area contributed by atoms with Gasteiger partial charge in [0.2, 0.25) is 0 Å². The van der Waals surface area contributed by atoms with Crippen LogP contribution in [-0.2, 0) is 11.4 Å². The molecule has 0 atom stereocenters. The van der Waals surface area contributed by atoms with Crippen molar-refractivity contribution in [2.45, 2.75) is 13.5 Å². The number of halogens is 1. The summed E-state index contributed by atoms with van der Waals surface area (Å²) in [6, 6.07) is 8.07. The molecule has 0 unspecified atom stereocenters. The Balaban J connectivity index is 1.90. The van der Waals surface area contributed by atoms with Crippen LogP contribution in [0, 0.1) is 6.92 Å². The molecule has 5 heteroatoms. The van der Waals surface area contributed by atoms with E-state index in [0.29, 0.717) is 6.61 Å². The lowest BCUT2D eigenvalue weighted by Gasteiger charge is -2.02. The van der Waals surface area contributed by atoms with Crippen molar-refractivity contribution in [2.75, 3.05) is 0 Å². The third-order valence-electron chi connectivity index (χ3n) is 2.36. The largest absolute Gasteiger partial charge is 0.391 e. The van der Waals surface area contributed by atoms with Crippen LogP contribution in [0.2, 0.25) is 0 Å². The van der Waals surface area contributed by atoms with Crippen LogP contribution in [0.5, 0.6) is 0 Å². The van der Waals surface area contributed by atoms with E-state index in [1.54, 1.807) is 12.4 Å². The van der Waals surface area contributed by atoms with E-state index in [9.17, 15) is 0 Å². The smallest absolute Gasteiger partial charge is 0.142 e. The highest BCUT2D eigenvalue weighted by molar-refractivity contribution is 9.10. The summed E-state index contributed by atoms with van der Waals surface area (Å²) in [5, 5.41) is 10.5. The fraction of sp³-hybridized carbons (Fsp3) is 0.167. The molecular formula is C12H12BrN3O. The van der Waals surface area contributed by atoms with E-state index in [-0.39, 0.29) is 0 Å². The quantitative estimate of drug-likeness (QED) is 0.696. The number of rotatable bonds is 4. The Morgan fingerprint density at radius 1 is 1.47 bits per heavy atom. The van der Waals surface area contributed by atoms with E-state index in [4.69, 9.17) is 4.84 Å². The third kappa shape index (κ3) is 3.17. The van der Waals surface area contributed by atoms with Crippen molar-refractivity contribution in [3.05, 3.63) is 51.8 Å². The number of benzene rings is 1. The standard InChI is InChI=1S/C12H12BrN3O/c1-9-4-2-3-5-10(9)8-17-15-7-12-11(13)6-14-16-12/h2-7H,8H2,1H3,(H,14,16)/b15-7-. The van der Waals surface area contributed by atoms with Gasteiger partial charge < -0.3 is 4.84 Å². The summed E-state index contributed by atoms with van der Waals surface area (Å²) in [6.45, 7) is 2.52. The fourth-order valence-corrected chi connectivity index (χ4v) is 1.63. The number of H-pyrrole nitrogens is 1. The summed E-state index contributed by atoms with van der Waals surface area (Å²) in [7, 11) is 0. The van der Waals surface area contributed by atoms with Crippen LogP contribution in [0.1, 0.15) is 16.8 Å². The zero-order valence-electron chi connectivity index (χ0n) is 9.35. The van der Waals surface area contributed by atoms with E-state index in [0.717, 1.165) is 15.7 Å². The molecule has 17 heavy (non-hydrogen) atoms. The second-order valence-electron chi connectivity index (χ2n) is 3.57. The molecule has 88 valence electrons. The van der Waals surface area contributed by atoms with Crippen LogP contribution < -0.4 is 0 Å². The molecule has 0 saturated heterocycles. The van der Waals surface area contributed by atoms with Crippen molar-refractivity contribution in [3.63, 3.8) is 0 Å². The van der Waals surface area contributed by atoms with Gasteiger partial charge in [0, 0.05) is 0 Å². The van der Waals surface area contributed by atoms with E-state index in [1.807, 2.05) is 31.2 Å². The summed E-state index contributed by atoms with van der Waals surface area (Å²) in [5.74, 6) is 0. The molecular weight excluding hydrogens is 282 g/mol. The van der Waals surface area contributed by atoms with Gasteiger partial charge in [-0.05, 0) is 34.0 Å². The molecule has 0 spiro atoms. The third-order valence-corrected chi connectivity index (χ3v) is 2.99. The molecule has 2 rings (SSSR count). The fourth-order valence-electron chi connectivity index (χ4n) is 1.34. The van der Waals surface area contributed by atoms with Crippen molar-refractivity contribution < 1.29 is 4.84 Å². The summed E-state index contributed by atoms with van der Waals surface area (Å²) in [4.78, 5) is 5.23. The van der Waals surface area contributed by atoms with Crippen LogP contribution in [0.3, 0.4) is 0 Å². The van der Waals surface area contributed by atoms with Crippen molar-refractivity contribution in [1.82, 2.24) is 10.2 Å². The first-order chi connectivity index (χ1) is 8.27. The number of aryl methyl sites for hydroxylation is 1. The van der Waals surface area contributed by atoms with Crippen molar-refractivity contribution in [2.24, 2.45) is 5.16 Å². The molecule has 0 radical (unpaired) electrons. The molecule has 1 aromatic heterocycles. The maximum absolute atomic E-state index is 5.23. The van der Waals surface area contributed by atoms with E-state index in [2.05, 4.69) is 31.3 Å². The average molecular weight is 294 g/mol. The van der Waals surface area contributed by atoms with Gasteiger partial charge >= 0.3 is 0 Å². The SMILES string of the molecule is Cc1ccccc1CO/N=C\c1[nH]ncc1Br. The molecule has 0 saturated carbocycles. The maximum Gasteiger partial charge on any atom is 0.142 e. The molecule has 4 nitrogen and oxygen atoms in total. The molecule has 0 aliphatic heterocycles. The van der Waals surface area contributed by atoms with Gasteiger partial charge in [0.05, 0.1) is 22.6 Å². The second-order valence-corrected chi connectivity index (χ2v) is 4.42. The first-order valence-electron chi connectivity index (χ1n) is 5.16. The highest BCUT2D eigenvalue weighted by atomic mass is 79.9. The minimum Gasteiger partial charge on any atom is -0.391 e. The Labute approximate surface area is 108 Å². The molecule has 0 bridgehead atoms. The molecule has 0 aliphatic carbocycles. The lowest BCUT2D eigenvalue weighted by molar-refractivity contribution is 0.131. The Kier molecular flexibility index (Phi) is 3.93. The summed E-state index contributed by atoms with van der Waals surface area (Å²) in [6.07, 6.45) is 3.26. The molecule has 0 amide bonds. The highest BCUT2D eigenvalue weighted by Crippen LogP contribution is 2.11. The predicted octanol–water partition coefficient (Wildman–Crippen LogP) is 3.03. The lowest BCUT2D eigenvalue weighted by atomic mass is 10.1. The molecule has 1 heterocycles. The predicted molar refractivity (Wildman–Crippen MR) is 69.8 cm³/mol. The molecule has 1 aromatic carbocycles. The Bertz CT molecular complexity index is 522. The van der Waals surface area contributed by atoms with Gasteiger partial charge in [-0.1, -0.05) is 29.4 Å². The van der Waals surface area contributed by atoms with Crippen LogP contribution in [0.25, 0.3) is 0 Å².